The number of anilines is 1. The minimum atomic E-state index is -0.795. The molecule has 0 saturated carbocycles. The lowest BCUT2D eigenvalue weighted by Gasteiger charge is -2.34. The summed E-state index contributed by atoms with van der Waals surface area (Å²) in [6.07, 6.45) is 0.473. The standard InChI is InChI=1S/C20H29N5O3S2/c1-11(2)9-13(18(27)23-20(3,4)5)25(10-12-7-6-8-29-12)19(28)16-14(21)15(17(22)26)24-30-16/h6-8,11,13H,9-10,21H2,1-5H3,(H2,22,26)(H,23,27)/t13-/m1/s1. The first-order valence-electron chi connectivity index (χ1n) is 9.61. The molecule has 0 bridgehead atoms. The molecule has 1 atom stereocenters. The number of rotatable bonds is 8. The normalized spacial score (nSPS) is 12.6. The van der Waals surface area contributed by atoms with Gasteiger partial charge in [0, 0.05) is 10.4 Å². The third kappa shape index (κ3) is 6.02. The SMILES string of the molecule is CC(C)C[C@H](C(=O)NC(C)(C)C)N(Cc1cccs1)C(=O)c1snc(C(N)=O)c1N. The number of amides is 3. The van der Waals surface area contributed by atoms with Crippen molar-refractivity contribution in [2.45, 2.75) is 59.2 Å². The molecule has 0 spiro atoms. The zero-order valence-corrected chi connectivity index (χ0v) is 19.5. The molecule has 0 aromatic carbocycles. The Kier molecular flexibility index (Phi) is 7.59. The highest BCUT2D eigenvalue weighted by molar-refractivity contribution is 7.10. The number of hydrogen-bond acceptors (Lipinski definition) is 7. The van der Waals surface area contributed by atoms with Gasteiger partial charge in [-0.25, -0.2) is 0 Å². The van der Waals surface area contributed by atoms with Crippen molar-refractivity contribution in [2.24, 2.45) is 11.7 Å². The van der Waals surface area contributed by atoms with Gasteiger partial charge in [0.2, 0.25) is 5.91 Å². The lowest BCUT2D eigenvalue weighted by atomic mass is 9.99. The van der Waals surface area contributed by atoms with E-state index in [9.17, 15) is 14.4 Å². The van der Waals surface area contributed by atoms with Crippen LogP contribution in [0.25, 0.3) is 0 Å². The molecule has 30 heavy (non-hydrogen) atoms. The van der Waals surface area contributed by atoms with Crippen LogP contribution < -0.4 is 16.8 Å². The third-order valence-electron chi connectivity index (χ3n) is 4.19. The zero-order valence-electron chi connectivity index (χ0n) is 17.9. The van der Waals surface area contributed by atoms with Crippen molar-refractivity contribution >= 4 is 46.3 Å². The number of nitrogens with one attached hydrogen (secondary N) is 1. The molecule has 2 aromatic heterocycles. The summed E-state index contributed by atoms with van der Waals surface area (Å²) in [5.41, 5.74) is 10.7. The van der Waals surface area contributed by atoms with Crippen molar-refractivity contribution < 1.29 is 14.4 Å². The molecule has 0 aliphatic rings. The minimum Gasteiger partial charge on any atom is -0.395 e. The predicted molar refractivity (Wildman–Crippen MR) is 120 cm³/mol. The molecule has 5 N–H and O–H groups in total. The van der Waals surface area contributed by atoms with E-state index in [1.165, 1.54) is 16.2 Å². The molecule has 164 valence electrons. The van der Waals surface area contributed by atoms with Crippen LogP contribution in [0.4, 0.5) is 5.69 Å². The Hall–Kier alpha value is -2.46. The van der Waals surface area contributed by atoms with Crippen molar-refractivity contribution in [3.63, 3.8) is 0 Å². The van der Waals surface area contributed by atoms with E-state index < -0.39 is 23.4 Å². The maximum atomic E-state index is 13.5. The lowest BCUT2D eigenvalue weighted by Crippen LogP contribution is -2.54. The maximum absolute atomic E-state index is 13.5. The van der Waals surface area contributed by atoms with Gasteiger partial charge in [-0.05, 0) is 56.1 Å². The number of carbonyl (C=O) groups excluding carboxylic acids is 3. The van der Waals surface area contributed by atoms with Crippen molar-refractivity contribution in [1.29, 1.82) is 0 Å². The Morgan fingerprint density at radius 3 is 2.40 bits per heavy atom. The fourth-order valence-electron chi connectivity index (χ4n) is 2.93. The van der Waals surface area contributed by atoms with E-state index >= 15 is 0 Å². The lowest BCUT2D eigenvalue weighted by molar-refractivity contribution is -0.127. The predicted octanol–water partition coefficient (Wildman–Crippen LogP) is 2.86. The summed E-state index contributed by atoms with van der Waals surface area (Å²) in [5, 5.41) is 4.90. The van der Waals surface area contributed by atoms with Crippen LogP contribution in [-0.4, -0.2) is 38.6 Å². The Bertz CT molecular complexity index is 900. The van der Waals surface area contributed by atoms with E-state index in [-0.39, 0.29) is 34.6 Å². The fraction of sp³-hybridized carbons (Fsp3) is 0.500. The van der Waals surface area contributed by atoms with Crippen molar-refractivity contribution in [1.82, 2.24) is 14.6 Å². The summed E-state index contributed by atoms with van der Waals surface area (Å²) >= 11 is 2.32. The molecular formula is C20H29N5O3S2. The van der Waals surface area contributed by atoms with E-state index in [4.69, 9.17) is 11.5 Å². The molecule has 0 saturated heterocycles. The first kappa shape index (κ1) is 23.8. The number of thiophene rings is 1. The quantitative estimate of drug-likeness (QED) is 0.568. The average Bonchev–Trinajstić information content (AvgIpc) is 3.25. The summed E-state index contributed by atoms with van der Waals surface area (Å²) in [5.74, 6) is -1.31. The van der Waals surface area contributed by atoms with E-state index in [1.807, 2.05) is 52.1 Å². The number of carbonyl (C=O) groups is 3. The van der Waals surface area contributed by atoms with Gasteiger partial charge in [-0.15, -0.1) is 11.3 Å². The molecule has 10 heteroatoms. The van der Waals surface area contributed by atoms with E-state index in [0.717, 1.165) is 16.4 Å². The Balaban J connectivity index is 2.48. The maximum Gasteiger partial charge on any atom is 0.270 e. The van der Waals surface area contributed by atoms with Crippen LogP contribution in [0.15, 0.2) is 17.5 Å². The molecule has 0 unspecified atom stereocenters. The summed E-state index contributed by atoms with van der Waals surface area (Å²) in [7, 11) is 0. The van der Waals surface area contributed by atoms with Crippen LogP contribution in [0.2, 0.25) is 0 Å². The number of nitrogens with zero attached hydrogens (tertiary/aromatic N) is 2. The summed E-state index contributed by atoms with van der Waals surface area (Å²) < 4.78 is 3.94. The highest BCUT2D eigenvalue weighted by atomic mass is 32.1. The van der Waals surface area contributed by atoms with Crippen LogP contribution >= 0.6 is 22.9 Å². The highest BCUT2D eigenvalue weighted by Gasteiger charge is 2.35. The number of hydrogen-bond donors (Lipinski definition) is 3. The fourth-order valence-corrected chi connectivity index (χ4v) is 4.39. The smallest absolute Gasteiger partial charge is 0.270 e. The summed E-state index contributed by atoms with van der Waals surface area (Å²) in [6, 6.07) is 3.09. The molecule has 0 fully saturated rings. The number of aromatic nitrogens is 1. The van der Waals surface area contributed by atoms with Crippen LogP contribution in [0.5, 0.6) is 0 Å². The molecule has 0 aliphatic heterocycles. The average molecular weight is 452 g/mol. The number of primary amides is 1. The molecule has 0 radical (unpaired) electrons. The number of nitrogens with two attached hydrogens (primary N) is 2. The van der Waals surface area contributed by atoms with Crippen LogP contribution in [0, 0.1) is 5.92 Å². The second kappa shape index (κ2) is 9.57. The van der Waals surface area contributed by atoms with Crippen molar-refractivity contribution in [2.75, 3.05) is 5.73 Å². The second-order valence-corrected chi connectivity index (χ2v) is 10.3. The van der Waals surface area contributed by atoms with Crippen LogP contribution in [-0.2, 0) is 11.3 Å². The monoisotopic (exact) mass is 451 g/mol. The molecule has 2 heterocycles. The van der Waals surface area contributed by atoms with Gasteiger partial charge in [0.1, 0.15) is 10.9 Å². The molecule has 0 aliphatic carbocycles. The van der Waals surface area contributed by atoms with E-state index in [0.29, 0.717) is 6.42 Å². The first-order chi connectivity index (χ1) is 13.9. The largest absolute Gasteiger partial charge is 0.395 e. The van der Waals surface area contributed by atoms with Gasteiger partial charge in [0.05, 0.1) is 12.2 Å². The zero-order chi connectivity index (χ0) is 22.6. The minimum absolute atomic E-state index is 0.0480. The van der Waals surface area contributed by atoms with Crippen LogP contribution in [0.3, 0.4) is 0 Å². The van der Waals surface area contributed by atoms with Gasteiger partial charge in [-0.1, -0.05) is 19.9 Å². The molecular weight excluding hydrogens is 422 g/mol. The molecule has 2 aromatic rings. The number of nitrogen functional groups attached to an aromatic ring is 1. The Labute approximate surface area is 184 Å². The summed E-state index contributed by atoms with van der Waals surface area (Å²) in [6.45, 7) is 9.92. The van der Waals surface area contributed by atoms with Gasteiger partial charge in [0.25, 0.3) is 11.8 Å². The topological polar surface area (TPSA) is 131 Å². The van der Waals surface area contributed by atoms with Crippen molar-refractivity contribution in [3.8, 4) is 0 Å². The third-order valence-corrected chi connectivity index (χ3v) is 5.91. The van der Waals surface area contributed by atoms with Crippen LogP contribution in [0.1, 0.15) is 66.1 Å². The second-order valence-electron chi connectivity index (χ2n) is 8.54. The van der Waals surface area contributed by atoms with Gasteiger partial charge in [0.15, 0.2) is 5.69 Å². The van der Waals surface area contributed by atoms with E-state index in [1.54, 1.807) is 0 Å². The van der Waals surface area contributed by atoms with Gasteiger partial charge in [-0.2, -0.15) is 4.37 Å². The Morgan fingerprint density at radius 1 is 1.27 bits per heavy atom. The van der Waals surface area contributed by atoms with Gasteiger partial charge in [-0.3, -0.25) is 14.4 Å². The van der Waals surface area contributed by atoms with Crippen molar-refractivity contribution in [3.05, 3.63) is 33.0 Å². The first-order valence-corrected chi connectivity index (χ1v) is 11.3. The molecule has 2 rings (SSSR count). The Morgan fingerprint density at radius 2 is 1.93 bits per heavy atom. The highest BCUT2D eigenvalue weighted by Crippen LogP contribution is 2.27. The molecule has 8 nitrogen and oxygen atoms in total. The summed E-state index contributed by atoms with van der Waals surface area (Å²) in [4.78, 5) is 40.8. The van der Waals surface area contributed by atoms with E-state index in [2.05, 4.69) is 9.69 Å². The van der Waals surface area contributed by atoms with Gasteiger partial charge < -0.3 is 21.7 Å². The molecule has 3 amide bonds. The van der Waals surface area contributed by atoms with Gasteiger partial charge >= 0.3 is 0 Å².